The van der Waals surface area contributed by atoms with E-state index in [0.717, 1.165) is 14.3 Å². The lowest BCUT2D eigenvalue weighted by Crippen LogP contribution is -2.50. The van der Waals surface area contributed by atoms with E-state index >= 15 is 0 Å². The van der Waals surface area contributed by atoms with Crippen LogP contribution in [-0.4, -0.2) is 44.8 Å². The zero-order valence-electron chi connectivity index (χ0n) is 20.1. The number of aryl methyl sites for hydroxylation is 1. The van der Waals surface area contributed by atoms with E-state index < -0.39 is 28.5 Å². The molecule has 10 heteroatoms. The topological polar surface area (TPSA) is 86.8 Å². The molecule has 3 rings (SSSR count). The van der Waals surface area contributed by atoms with Crippen molar-refractivity contribution in [3.8, 4) is 0 Å². The van der Waals surface area contributed by atoms with Crippen molar-refractivity contribution in [1.29, 1.82) is 0 Å². The molecule has 7 nitrogen and oxygen atoms in total. The lowest BCUT2D eigenvalue weighted by atomic mass is 10.1. The second kappa shape index (κ2) is 11.9. The largest absolute Gasteiger partial charge is 0.357 e. The van der Waals surface area contributed by atoms with E-state index in [9.17, 15) is 18.0 Å². The first-order valence-electron chi connectivity index (χ1n) is 11.1. The van der Waals surface area contributed by atoms with Crippen LogP contribution in [0.1, 0.15) is 18.1 Å². The summed E-state index contributed by atoms with van der Waals surface area (Å²) in [7, 11) is -2.64. The number of likely N-dealkylation sites (N-methyl/N-ethyl adjacent to an activating group) is 1. The third-order valence-corrected chi connectivity index (χ3v) is 8.27. The van der Waals surface area contributed by atoms with Gasteiger partial charge in [0.1, 0.15) is 12.6 Å². The van der Waals surface area contributed by atoms with Crippen LogP contribution >= 0.6 is 27.5 Å². The third kappa shape index (κ3) is 6.46. The molecular weight excluding hydrogens is 566 g/mol. The first kappa shape index (κ1) is 27.7. The summed E-state index contributed by atoms with van der Waals surface area (Å²) >= 11 is 9.60. The number of halogens is 2. The Kier molecular flexibility index (Phi) is 9.16. The Morgan fingerprint density at radius 1 is 1.03 bits per heavy atom. The summed E-state index contributed by atoms with van der Waals surface area (Å²) in [5.41, 5.74) is 1.71. The molecule has 0 heterocycles. The number of amides is 2. The molecule has 0 radical (unpaired) electrons. The van der Waals surface area contributed by atoms with Crippen LogP contribution in [0.2, 0.25) is 5.02 Å². The van der Waals surface area contributed by atoms with E-state index in [1.807, 2.05) is 24.3 Å². The zero-order valence-corrected chi connectivity index (χ0v) is 23.3. The standard InChI is InChI=1S/C26H27BrClN3O4S/c1-18-9-14-22(28)15-24(18)31(36(34,35)23-7-5-4-6-8-23)17-25(32)30(19(2)26(33)29-3)16-20-10-12-21(27)13-11-20/h4-15,19H,16-17H2,1-3H3,(H,29,33)/t19-/m0/s1. The third-order valence-electron chi connectivity index (χ3n) is 5.73. The average molecular weight is 593 g/mol. The zero-order chi connectivity index (χ0) is 26.5. The summed E-state index contributed by atoms with van der Waals surface area (Å²) in [5, 5.41) is 2.90. The summed E-state index contributed by atoms with van der Waals surface area (Å²) in [4.78, 5) is 27.7. The normalized spacial score (nSPS) is 12.0. The number of hydrogen-bond acceptors (Lipinski definition) is 4. The molecule has 0 aliphatic carbocycles. The molecule has 0 unspecified atom stereocenters. The number of carbonyl (C=O) groups is 2. The SMILES string of the molecule is CNC(=O)[C@H](C)N(Cc1ccc(Br)cc1)C(=O)CN(c1cc(Cl)ccc1C)S(=O)(=O)c1ccccc1. The number of hydrogen-bond donors (Lipinski definition) is 1. The Bertz CT molecular complexity index is 1340. The fraction of sp³-hybridized carbons (Fsp3) is 0.231. The van der Waals surface area contributed by atoms with Crippen molar-refractivity contribution in [2.24, 2.45) is 0 Å². The second-order valence-corrected chi connectivity index (χ2v) is 11.4. The summed E-state index contributed by atoms with van der Waals surface area (Å²) in [6.45, 7) is 2.96. The molecule has 0 spiro atoms. The highest BCUT2D eigenvalue weighted by atomic mass is 79.9. The molecule has 0 fully saturated rings. The first-order valence-corrected chi connectivity index (χ1v) is 13.7. The van der Waals surface area contributed by atoms with Crippen LogP contribution in [0, 0.1) is 6.92 Å². The summed E-state index contributed by atoms with van der Waals surface area (Å²) in [5.74, 6) is -0.898. The Morgan fingerprint density at radius 2 is 1.67 bits per heavy atom. The van der Waals surface area contributed by atoms with E-state index in [4.69, 9.17) is 11.6 Å². The van der Waals surface area contributed by atoms with Gasteiger partial charge in [-0.05, 0) is 61.4 Å². The molecule has 0 saturated carbocycles. The first-order chi connectivity index (χ1) is 17.0. The Morgan fingerprint density at radius 3 is 2.28 bits per heavy atom. The molecule has 0 aliphatic rings. The van der Waals surface area contributed by atoms with Crippen LogP contribution in [-0.2, 0) is 26.2 Å². The molecule has 190 valence electrons. The van der Waals surface area contributed by atoms with Crippen molar-refractivity contribution in [2.75, 3.05) is 17.9 Å². The number of benzene rings is 3. The van der Waals surface area contributed by atoms with Crippen molar-refractivity contribution < 1.29 is 18.0 Å². The Hall–Kier alpha value is -2.88. The van der Waals surface area contributed by atoms with Gasteiger partial charge < -0.3 is 10.2 Å². The van der Waals surface area contributed by atoms with Gasteiger partial charge in [-0.1, -0.05) is 63.9 Å². The Labute approximate surface area is 225 Å². The molecule has 2 amide bonds. The quantitative estimate of drug-likeness (QED) is 0.388. The lowest BCUT2D eigenvalue weighted by Gasteiger charge is -2.32. The van der Waals surface area contributed by atoms with Gasteiger partial charge in [-0.3, -0.25) is 13.9 Å². The molecule has 3 aromatic rings. The summed E-state index contributed by atoms with van der Waals surface area (Å²) < 4.78 is 29.4. The molecular formula is C26H27BrClN3O4S. The van der Waals surface area contributed by atoms with E-state index in [2.05, 4.69) is 21.2 Å². The second-order valence-electron chi connectivity index (χ2n) is 8.19. The van der Waals surface area contributed by atoms with Gasteiger partial charge in [0.2, 0.25) is 11.8 Å². The monoisotopic (exact) mass is 591 g/mol. The van der Waals surface area contributed by atoms with Crippen LogP contribution in [0.15, 0.2) is 82.2 Å². The molecule has 36 heavy (non-hydrogen) atoms. The van der Waals surface area contributed by atoms with Crippen LogP contribution in [0.4, 0.5) is 5.69 Å². The number of carbonyl (C=O) groups excluding carboxylic acids is 2. The highest BCUT2D eigenvalue weighted by molar-refractivity contribution is 9.10. The number of sulfonamides is 1. The Balaban J connectivity index is 2.06. The van der Waals surface area contributed by atoms with Crippen molar-refractivity contribution in [2.45, 2.75) is 31.3 Å². The van der Waals surface area contributed by atoms with Crippen LogP contribution in [0.3, 0.4) is 0 Å². The number of anilines is 1. The maximum atomic E-state index is 13.7. The van der Waals surface area contributed by atoms with E-state index in [1.54, 1.807) is 44.2 Å². The van der Waals surface area contributed by atoms with E-state index in [0.29, 0.717) is 10.6 Å². The molecule has 0 aromatic heterocycles. The molecule has 1 N–H and O–H groups in total. The van der Waals surface area contributed by atoms with Gasteiger partial charge >= 0.3 is 0 Å². The average Bonchev–Trinajstić information content (AvgIpc) is 2.87. The maximum absolute atomic E-state index is 13.7. The van der Waals surface area contributed by atoms with E-state index in [-0.39, 0.29) is 23.0 Å². The van der Waals surface area contributed by atoms with Gasteiger partial charge in [0.15, 0.2) is 0 Å². The number of nitrogens with one attached hydrogen (secondary N) is 1. The number of nitrogens with zero attached hydrogens (tertiary/aromatic N) is 2. The van der Waals surface area contributed by atoms with Gasteiger partial charge in [-0.15, -0.1) is 0 Å². The van der Waals surface area contributed by atoms with Gasteiger partial charge in [-0.25, -0.2) is 8.42 Å². The molecule has 0 bridgehead atoms. The fourth-order valence-corrected chi connectivity index (χ4v) is 5.58. The minimum Gasteiger partial charge on any atom is -0.357 e. The van der Waals surface area contributed by atoms with Gasteiger partial charge in [0, 0.05) is 23.1 Å². The summed E-state index contributed by atoms with van der Waals surface area (Å²) in [6, 6.07) is 19.3. The molecule has 0 saturated heterocycles. The van der Waals surface area contributed by atoms with Crippen molar-refractivity contribution in [3.63, 3.8) is 0 Å². The van der Waals surface area contributed by atoms with Gasteiger partial charge in [-0.2, -0.15) is 0 Å². The predicted molar refractivity (Wildman–Crippen MR) is 145 cm³/mol. The smallest absolute Gasteiger partial charge is 0.264 e. The van der Waals surface area contributed by atoms with Crippen LogP contribution in [0.5, 0.6) is 0 Å². The fourth-order valence-electron chi connectivity index (χ4n) is 3.66. The van der Waals surface area contributed by atoms with E-state index in [1.165, 1.54) is 30.1 Å². The highest BCUT2D eigenvalue weighted by Crippen LogP contribution is 2.30. The van der Waals surface area contributed by atoms with Crippen molar-refractivity contribution in [1.82, 2.24) is 10.2 Å². The van der Waals surface area contributed by atoms with Crippen molar-refractivity contribution in [3.05, 3.63) is 93.4 Å². The lowest BCUT2D eigenvalue weighted by molar-refractivity contribution is -0.139. The van der Waals surface area contributed by atoms with Gasteiger partial charge in [0.25, 0.3) is 10.0 Å². The molecule has 3 aromatic carbocycles. The molecule has 1 atom stereocenters. The highest BCUT2D eigenvalue weighted by Gasteiger charge is 2.33. The summed E-state index contributed by atoms with van der Waals surface area (Å²) in [6.07, 6.45) is 0. The maximum Gasteiger partial charge on any atom is 0.264 e. The minimum absolute atomic E-state index is 0.0379. The predicted octanol–water partition coefficient (Wildman–Crippen LogP) is 4.77. The van der Waals surface area contributed by atoms with Gasteiger partial charge in [0.05, 0.1) is 10.6 Å². The van der Waals surface area contributed by atoms with Crippen LogP contribution in [0.25, 0.3) is 0 Å². The number of rotatable bonds is 9. The minimum atomic E-state index is -4.13. The molecule has 0 aliphatic heterocycles. The van der Waals surface area contributed by atoms with Crippen LogP contribution < -0.4 is 9.62 Å². The van der Waals surface area contributed by atoms with Crippen molar-refractivity contribution >= 4 is 55.1 Å².